The summed E-state index contributed by atoms with van der Waals surface area (Å²) in [6, 6.07) is 14.5. The van der Waals surface area contributed by atoms with Crippen LogP contribution in [0.5, 0.6) is 5.75 Å². The maximum atomic E-state index is 10.4. The summed E-state index contributed by atoms with van der Waals surface area (Å²) in [6.07, 6.45) is 2.68. The second-order valence-electron chi connectivity index (χ2n) is 5.98. The van der Waals surface area contributed by atoms with Crippen LogP contribution in [0.15, 0.2) is 46.9 Å². The van der Waals surface area contributed by atoms with E-state index < -0.39 is 6.10 Å². The van der Waals surface area contributed by atoms with Crippen molar-refractivity contribution < 1.29 is 9.84 Å². The van der Waals surface area contributed by atoms with Gasteiger partial charge in [0.25, 0.3) is 0 Å². The molecular weight excluding hydrogens is 328 g/mol. The van der Waals surface area contributed by atoms with Gasteiger partial charge in [0.2, 0.25) is 0 Å². The van der Waals surface area contributed by atoms with Crippen molar-refractivity contribution in [1.29, 1.82) is 0 Å². The van der Waals surface area contributed by atoms with Gasteiger partial charge in [-0.05, 0) is 42.0 Å². The Bertz CT molecular complexity index is 679. The lowest BCUT2D eigenvalue weighted by atomic mass is 9.94. The third-order valence-electron chi connectivity index (χ3n) is 4.37. The second kappa shape index (κ2) is 5.15. The number of aliphatic hydroxyl groups is 1. The molecule has 1 aliphatic heterocycles. The number of rotatable bonds is 2. The van der Waals surface area contributed by atoms with E-state index in [-0.39, 0.29) is 6.10 Å². The van der Waals surface area contributed by atoms with Crippen LogP contribution in [0.25, 0.3) is 0 Å². The average molecular weight is 345 g/mol. The van der Waals surface area contributed by atoms with Crippen LogP contribution in [0, 0.1) is 0 Å². The van der Waals surface area contributed by atoms with Gasteiger partial charge in [-0.2, -0.15) is 0 Å². The Hall–Kier alpha value is -1.32. The van der Waals surface area contributed by atoms with Gasteiger partial charge in [-0.3, -0.25) is 0 Å². The summed E-state index contributed by atoms with van der Waals surface area (Å²) in [5, 5.41) is 10.4. The highest BCUT2D eigenvalue weighted by molar-refractivity contribution is 9.10. The predicted octanol–water partition coefficient (Wildman–Crippen LogP) is 4.88. The number of aliphatic hydroxyl groups excluding tert-OH is 1. The summed E-state index contributed by atoms with van der Waals surface area (Å²) in [5.41, 5.74) is 3.46. The smallest absolute Gasteiger partial charge is 0.127 e. The molecule has 2 unspecified atom stereocenters. The molecule has 0 spiro atoms. The van der Waals surface area contributed by atoms with Crippen LogP contribution in [0.1, 0.15) is 54.1 Å². The van der Waals surface area contributed by atoms with E-state index in [9.17, 15) is 5.11 Å². The van der Waals surface area contributed by atoms with Crippen LogP contribution in [0.2, 0.25) is 0 Å². The Kier molecular flexibility index (Phi) is 3.27. The number of halogens is 1. The van der Waals surface area contributed by atoms with Crippen LogP contribution in [0.3, 0.4) is 0 Å². The van der Waals surface area contributed by atoms with Gasteiger partial charge < -0.3 is 9.84 Å². The van der Waals surface area contributed by atoms with Gasteiger partial charge in [0, 0.05) is 16.5 Å². The highest BCUT2D eigenvalue weighted by atomic mass is 79.9. The minimum Gasteiger partial charge on any atom is -0.485 e. The lowest BCUT2D eigenvalue weighted by Crippen LogP contribution is -2.19. The molecule has 1 heterocycles. The Morgan fingerprint density at radius 3 is 2.67 bits per heavy atom. The molecule has 1 saturated carbocycles. The highest BCUT2D eigenvalue weighted by Crippen LogP contribution is 2.44. The molecule has 2 aliphatic rings. The van der Waals surface area contributed by atoms with E-state index in [0.717, 1.165) is 21.7 Å². The lowest BCUT2D eigenvalue weighted by molar-refractivity contribution is 0.0656. The minimum atomic E-state index is -0.462. The maximum absolute atomic E-state index is 10.4. The van der Waals surface area contributed by atoms with Crippen LogP contribution < -0.4 is 4.74 Å². The van der Waals surface area contributed by atoms with E-state index in [1.54, 1.807) is 0 Å². The summed E-state index contributed by atoms with van der Waals surface area (Å²) in [7, 11) is 0. The predicted molar refractivity (Wildman–Crippen MR) is 85.5 cm³/mol. The first-order valence-corrected chi connectivity index (χ1v) is 8.24. The van der Waals surface area contributed by atoms with Crippen molar-refractivity contribution in [3.8, 4) is 5.75 Å². The number of benzene rings is 2. The summed E-state index contributed by atoms with van der Waals surface area (Å²) in [6.45, 7) is 0. The van der Waals surface area contributed by atoms with Gasteiger partial charge >= 0.3 is 0 Å². The topological polar surface area (TPSA) is 29.5 Å². The first-order valence-electron chi connectivity index (χ1n) is 7.45. The number of ether oxygens (including phenoxy) is 1. The quantitative estimate of drug-likeness (QED) is 0.840. The van der Waals surface area contributed by atoms with E-state index in [1.165, 1.54) is 24.0 Å². The fraction of sp³-hybridized carbons (Fsp3) is 0.333. The molecule has 1 fully saturated rings. The normalized spacial score (nSPS) is 24.3. The van der Waals surface area contributed by atoms with Crippen LogP contribution in [0.4, 0.5) is 0 Å². The first kappa shape index (κ1) is 13.4. The molecule has 0 aromatic heterocycles. The Morgan fingerprint density at radius 1 is 1.05 bits per heavy atom. The molecule has 1 aliphatic carbocycles. The Balaban J connectivity index is 1.66. The first-order chi connectivity index (χ1) is 10.2. The highest BCUT2D eigenvalue weighted by Gasteiger charge is 2.29. The third-order valence-corrected chi connectivity index (χ3v) is 4.87. The number of hydrogen-bond acceptors (Lipinski definition) is 2. The number of hydrogen-bond donors (Lipinski definition) is 1. The van der Waals surface area contributed by atoms with Crippen LogP contribution in [-0.4, -0.2) is 5.11 Å². The van der Waals surface area contributed by atoms with Gasteiger partial charge in [0.15, 0.2) is 0 Å². The van der Waals surface area contributed by atoms with Crippen molar-refractivity contribution in [3.63, 3.8) is 0 Å². The Labute approximate surface area is 132 Å². The molecule has 2 aromatic carbocycles. The van der Waals surface area contributed by atoms with Crippen molar-refractivity contribution in [2.75, 3.05) is 0 Å². The second-order valence-corrected chi connectivity index (χ2v) is 6.90. The zero-order chi connectivity index (χ0) is 14.4. The van der Waals surface area contributed by atoms with E-state index in [2.05, 4.69) is 40.2 Å². The van der Waals surface area contributed by atoms with Crippen molar-refractivity contribution >= 4 is 15.9 Å². The monoisotopic (exact) mass is 344 g/mol. The SMILES string of the molecule is OC1CC(c2cccc(C3CC3)c2)Oc2cc(Br)ccc21. The molecule has 0 radical (unpaired) electrons. The standard InChI is InChI=1S/C18H17BrO2/c19-14-6-7-15-16(20)10-17(21-18(15)9-14)13-3-1-2-12(8-13)11-4-5-11/h1-3,6-9,11,16-17,20H,4-5,10H2. The van der Waals surface area contributed by atoms with Crippen molar-refractivity contribution in [2.45, 2.75) is 37.4 Å². The third kappa shape index (κ3) is 2.60. The molecule has 0 bridgehead atoms. The molecule has 2 atom stereocenters. The van der Waals surface area contributed by atoms with Crippen molar-refractivity contribution in [3.05, 3.63) is 63.6 Å². The molecular formula is C18H17BrO2. The van der Waals surface area contributed by atoms with Gasteiger partial charge in [0.1, 0.15) is 11.9 Å². The Morgan fingerprint density at radius 2 is 1.86 bits per heavy atom. The fourth-order valence-corrected chi connectivity index (χ4v) is 3.39. The lowest BCUT2D eigenvalue weighted by Gasteiger charge is -2.30. The summed E-state index contributed by atoms with van der Waals surface area (Å²) in [4.78, 5) is 0. The van der Waals surface area contributed by atoms with E-state index >= 15 is 0 Å². The molecule has 1 N–H and O–H groups in total. The molecule has 2 aromatic rings. The minimum absolute atomic E-state index is 0.0690. The molecule has 0 amide bonds. The van der Waals surface area contributed by atoms with Gasteiger partial charge in [0.05, 0.1) is 6.10 Å². The average Bonchev–Trinajstić information content (AvgIpc) is 3.31. The van der Waals surface area contributed by atoms with E-state index in [4.69, 9.17) is 4.74 Å². The van der Waals surface area contributed by atoms with Crippen molar-refractivity contribution in [2.24, 2.45) is 0 Å². The molecule has 21 heavy (non-hydrogen) atoms. The summed E-state index contributed by atoms with van der Waals surface area (Å²) < 4.78 is 7.11. The molecule has 108 valence electrons. The van der Waals surface area contributed by atoms with Crippen molar-refractivity contribution in [1.82, 2.24) is 0 Å². The van der Waals surface area contributed by atoms with Crippen LogP contribution in [-0.2, 0) is 0 Å². The van der Waals surface area contributed by atoms with Gasteiger partial charge in [-0.1, -0.05) is 46.3 Å². The molecule has 3 heteroatoms. The molecule has 0 saturated heterocycles. The molecule has 2 nitrogen and oxygen atoms in total. The number of fused-ring (bicyclic) bond motifs is 1. The van der Waals surface area contributed by atoms with E-state index in [0.29, 0.717) is 6.42 Å². The zero-order valence-corrected chi connectivity index (χ0v) is 13.2. The zero-order valence-electron chi connectivity index (χ0n) is 11.6. The van der Waals surface area contributed by atoms with Gasteiger partial charge in [-0.15, -0.1) is 0 Å². The van der Waals surface area contributed by atoms with Crippen LogP contribution >= 0.6 is 15.9 Å². The largest absolute Gasteiger partial charge is 0.485 e. The maximum Gasteiger partial charge on any atom is 0.127 e. The summed E-state index contributed by atoms with van der Waals surface area (Å²) >= 11 is 3.46. The van der Waals surface area contributed by atoms with E-state index in [1.807, 2.05) is 18.2 Å². The van der Waals surface area contributed by atoms with Gasteiger partial charge in [-0.25, -0.2) is 0 Å². The summed E-state index contributed by atoms with van der Waals surface area (Å²) in [5.74, 6) is 1.52. The fourth-order valence-electron chi connectivity index (χ4n) is 3.05. The molecule has 4 rings (SSSR count).